The molecule has 0 unspecified atom stereocenters. The summed E-state index contributed by atoms with van der Waals surface area (Å²) in [5, 5.41) is 0. The van der Waals surface area contributed by atoms with E-state index < -0.39 is 0 Å². The zero-order chi connectivity index (χ0) is 7.11. The smallest absolute Gasteiger partial charge is 0.211 e. The zero-order valence-corrected chi connectivity index (χ0v) is 8.24. The number of rotatable bonds is 4. The van der Waals surface area contributed by atoms with Crippen LogP contribution in [-0.4, -0.2) is 16.3 Å². The van der Waals surface area contributed by atoms with Crippen molar-refractivity contribution in [1.29, 1.82) is 0 Å². The molecule has 1 amide bonds. The van der Waals surface area contributed by atoms with Gasteiger partial charge in [-0.3, -0.25) is 4.79 Å². The lowest BCUT2D eigenvalue weighted by Gasteiger charge is -1.96. The first kappa shape index (κ1) is 8.69. The molecule has 0 aromatic carbocycles. The first-order valence-corrected chi connectivity index (χ1v) is 4.51. The molecule has 0 aromatic rings. The number of carbonyl (C=O) groups excluding carboxylic acids is 1. The van der Waals surface area contributed by atoms with Crippen LogP contribution in [0.5, 0.6) is 0 Å². The maximum atomic E-state index is 10.6. The van der Waals surface area contributed by atoms with Crippen LogP contribution in [0.2, 0.25) is 0 Å². The molecule has 0 spiro atoms. The highest BCUT2D eigenvalue weighted by molar-refractivity contribution is 6.14. The molecule has 0 fully saturated rings. The molecular weight excluding hydrogens is 130 g/mol. The summed E-state index contributed by atoms with van der Waals surface area (Å²) in [7, 11) is 0.792. The van der Waals surface area contributed by atoms with E-state index in [4.69, 9.17) is 0 Å². The number of hydrogen-bond acceptors (Lipinski definition) is 1. The molecule has 54 valence electrons. The Morgan fingerprint density at radius 1 is 1.56 bits per heavy atom. The van der Waals surface area contributed by atoms with Crippen LogP contribution in [0.15, 0.2) is 0 Å². The molecule has 1 N–H and O–H groups in total. The fraction of sp³-hybridized carbons (Fsp3) is 0.833. The van der Waals surface area contributed by atoms with Gasteiger partial charge in [0.15, 0.2) is 0 Å². The predicted molar refractivity (Wildman–Crippen MR) is 42.2 cm³/mol. The molecule has 0 bridgehead atoms. The average Bonchev–Trinajstić information content (AvgIpc) is 1.89. The molecule has 0 aliphatic rings. The number of carbonyl (C=O) groups is 1. The number of nitrogens with one attached hydrogen (secondary N) is 1. The molecule has 0 saturated heterocycles. The van der Waals surface area contributed by atoms with Crippen molar-refractivity contribution in [3.8, 4) is 0 Å². The van der Waals surface area contributed by atoms with E-state index in [1.54, 1.807) is 0 Å². The Balaban J connectivity index is 2.97. The lowest BCUT2D eigenvalue weighted by Crippen LogP contribution is -2.18. The summed E-state index contributed by atoms with van der Waals surface area (Å²) < 4.78 is 0. The maximum Gasteiger partial charge on any atom is 0.211 e. The minimum absolute atomic E-state index is 0.218. The van der Waals surface area contributed by atoms with Gasteiger partial charge in [0.1, 0.15) is 10.4 Å². The highest BCUT2D eigenvalue weighted by Gasteiger charge is 1.93. The first-order chi connectivity index (χ1) is 4.31. The van der Waals surface area contributed by atoms with Crippen molar-refractivity contribution >= 4 is 16.3 Å². The zero-order valence-electron chi connectivity index (χ0n) is 6.24. The lowest BCUT2D eigenvalue weighted by atomic mass is 10.2. The molecule has 9 heavy (non-hydrogen) atoms. The van der Waals surface area contributed by atoms with Gasteiger partial charge < -0.3 is 4.98 Å². The van der Waals surface area contributed by atoms with E-state index in [0.29, 0.717) is 0 Å². The van der Waals surface area contributed by atoms with Gasteiger partial charge in [0.25, 0.3) is 0 Å². The third-order valence-corrected chi connectivity index (χ3v) is 1.84. The summed E-state index contributed by atoms with van der Waals surface area (Å²) in [5.74, 6) is 0.218. The second-order valence-electron chi connectivity index (χ2n) is 2.13. The van der Waals surface area contributed by atoms with Gasteiger partial charge in [0.2, 0.25) is 5.91 Å². The molecular formula is C6H15NOSi. The second kappa shape index (κ2) is 5.82. The standard InChI is InChI=1S/C6H15NOSi/c1-2-3-4-5-6(8)7-9/h2-5H2,1,9H3,(H,7,8). The van der Waals surface area contributed by atoms with Crippen LogP contribution >= 0.6 is 0 Å². The molecule has 0 aliphatic heterocycles. The predicted octanol–water partition coefficient (Wildman–Crippen LogP) is -0.0367. The molecule has 3 heteroatoms. The number of amides is 1. The Morgan fingerprint density at radius 3 is 2.67 bits per heavy atom. The van der Waals surface area contributed by atoms with Crippen molar-refractivity contribution in [3.05, 3.63) is 0 Å². The van der Waals surface area contributed by atoms with Gasteiger partial charge in [0.05, 0.1) is 0 Å². The summed E-state index contributed by atoms with van der Waals surface area (Å²) in [5.41, 5.74) is 0. The van der Waals surface area contributed by atoms with E-state index in [1.807, 2.05) is 0 Å². The molecule has 0 rings (SSSR count). The topological polar surface area (TPSA) is 29.1 Å². The normalized spacial score (nSPS) is 9.44. The Kier molecular flexibility index (Phi) is 5.61. The third-order valence-electron chi connectivity index (χ3n) is 1.29. The van der Waals surface area contributed by atoms with Gasteiger partial charge >= 0.3 is 0 Å². The van der Waals surface area contributed by atoms with Gasteiger partial charge in [0, 0.05) is 6.42 Å². The van der Waals surface area contributed by atoms with Crippen LogP contribution in [0.4, 0.5) is 0 Å². The fourth-order valence-corrected chi connectivity index (χ4v) is 0.911. The van der Waals surface area contributed by atoms with Crippen LogP contribution in [0, 0.1) is 0 Å². The molecule has 0 aliphatic carbocycles. The van der Waals surface area contributed by atoms with Crippen molar-refractivity contribution in [1.82, 2.24) is 4.98 Å². The monoisotopic (exact) mass is 145 g/mol. The first-order valence-electron chi connectivity index (χ1n) is 3.51. The summed E-state index contributed by atoms with van der Waals surface area (Å²) in [6, 6.07) is 0. The van der Waals surface area contributed by atoms with E-state index >= 15 is 0 Å². The quantitative estimate of drug-likeness (QED) is 0.436. The van der Waals surface area contributed by atoms with Crippen molar-refractivity contribution in [2.24, 2.45) is 0 Å². The van der Waals surface area contributed by atoms with E-state index in [9.17, 15) is 4.79 Å². The van der Waals surface area contributed by atoms with Gasteiger partial charge in [-0.05, 0) is 6.42 Å². The van der Waals surface area contributed by atoms with E-state index in [-0.39, 0.29) is 5.91 Å². The fourth-order valence-electron chi connectivity index (χ4n) is 0.661. The number of unbranched alkanes of at least 4 members (excludes halogenated alkanes) is 2. The summed E-state index contributed by atoms with van der Waals surface area (Å²) in [4.78, 5) is 13.3. The van der Waals surface area contributed by atoms with Crippen molar-refractivity contribution < 1.29 is 4.79 Å². The van der Waals surface area contributed by atoms with Crippen LogP contribution in [0.25, 0.3) is 0 Å². The maximum absolute atomic E-state index is 10.6. The van der Waals surface area contributed by atoms with Crippen LogP contribution < -0.4 is 4.98 Å². The highest BCUT2D eigenvalue weighted by Crippen LogP contribution is 1.97. The Bertz CT molecular complexity index is 85.1. The number of hydrogen-bond donors (Lipinski definition) is 1. The molecule has 2 nitrogen and oxygen atoms in total. The Labute approximate surface area is 59.5 Å². The van der Waals surface area contributed by atoms with Crippen molar-refractivity contribution in [2.75, 3.05) is 0 Å². The summed E-state index contributed by atoms with van der Waals surface area (Å²) >= 11 is 0. The largest absolute Gasteiger partial charge is 0.391 e. The SMILES string of the molecule is CCCCCC(=O)N[SiH3]. The van der Waals surface area contributed by atoms with Gasteiger partial charge in [-0.15, -0.1) is 0 Å². The van der Waals surface area contributed by atoms with E-state index in [0.717, 1.165) is 23.2 Å². The Morgan fingerprint density at radius 2 is 2.22 bits per heavy atom. The molecule has 0 aromatic heterocycles. The molecule has 0 heterocycles. The average molecular weight is 145 g/mol. The van der Waals surface area contributed by atoms with Crippen LogP contribution in [0.3, 0.4) is 0 Å². The highest BCUT2D eigenvalue weighted by atomic mass is 28.2. The van der Waals surface area contributed by atoms with Crippen LogP contribution in [-0.2, 0) is 4.79 Å². The second-order valence-corrected chi connectivity index (χ2v) is 2.63. The lowest BCUT2D eigenvalue weighted by molar-refractivity contribution is -0.119. The minimum atomic E-state index is 0.218. The van der Waals surface area contributed by atoms with Gasteiger partial charge in [-0.25, -0.2) is 0 Å². The van der Waals surface area contributed by atoms with Crippen LogP contribution in [0.1, 0.15) is 32.6 Å². The van der Waals surface area contributed by atoms with E-state index in [2.05, 4.69) is 11.9 Å². The van der Waals surface area contributed by atoms with Gasteiger partial charge in [-0.1, -0.05) is 19.8 Å². The molecule has 0 radical (unpaired) electrons. The van der Waals surface area contributed by atoms with Crippen molar-refractivity contribution in [2.45, 2.75) is 32.6 Å². The van der Waals surface area contributed by atoms with Crippen molar-refractivity contribution in [3.63, 3.8) is 0 Å². The minimum Gasteiger partial charge on any atom is -0.391 e. The Hall–Kier alpha value is -0.313. The third kappa shape index (κ3) is 5.56. The molecule has 0 atom stereocenters. The molecule has 0 saturated carbocycles. The van der Waals surface area contributed by atoms with Gasteiger partial charge in [-0.2, -0.15) is 0 Å². The van der Waals surface area contributed by atoms with E-state index in [1.165, 1.54) is 12.8 Å². The summed E-state index contributed by atoms with van der Waals surface area (Å²) in [6.45, 7) is 2.14. The summed E-state index contributed by atoms with van der Waals surface area (Å²) in [6.07, 6.45) is 4.13.